The van der Waals surface area contributed by atoms with Gasteiger partial charge in [-0.15, -0.1) is 0 Å². The van der Waals surface area contributed by atoms with E-state index >= 15 is 0 Å². The highest BCUT2D eigenvalue weighted by atomic mass is 16.5. The first-order chi connectivity index (χ1) is 10.6. The van der Waals surface area contributed by atoms with Gasteiger partial charge in [0.05, 0.1) is 11.7 Å². The second-order valence-electron chi connectivity index (χ2n) is 7.19. The third-order valence-corrected chi connectivity index (χ3v) is 3.36. The van der Waals surface area contributed by atoms with Crippen LogP contribution in [-0.2, 0) is 28.6 Å². The highest BCUT2D eigenvalue weighted by Crippen LogP contribution is 2.23. The molecule has 7 heteroatoms. The molecule has 2 rings (SSSR count). The lowest BCUT2D eigenvalue weighted by Crippen LogP contribution is -2.40. The van der Waals surface area contributed by atoms with E-state index in [2.05, 4.69) is 41.2 Å². The molecule has 126 valence electrons. The fraction of sp³-hybridized carbons (Fsp3) is 0.625. The maximum atomic E-state index is 11.2. The van der Waals surface area contributed by atoms with Crippen LogP contribution in [-0.4, -0.2) is 21.0 Å². The van der Waals surface area contributed by atoms with Crippen LogP contribution in [0.3, 0.4) is 0 Å². The van der Waals surface area contributed by atoms with Gasteiger partial charge >= 0.3 is 0 Å². The van der Waals surface area contributed by atoms with Crippen molar-refractivity contribution in [3.63, 3.8) is 0 Å². The van der Waals surface area contributed by atoms with E-state index in [9.17, 15) is 4.79 Å². The van der Waals surface area contributed by atoms with E-state index in [0.717, 1.165) is 5.76 Å². The maximum absolute atomic E-state index is 11.2. The van der Waals surface area contributed by atoms with Gasteiger partial charge in [-0.05, 0) is 13.8 Å². The minimum Gasteiger partial charge on any atom is -0.445 e. The van der Waals surface area contributed by atoms with Crippen molar-refractivity contribution in [3.05, 3.63) is 29.6 Å². The normalized spacial score (nSPS) is 12.4. The van der Waals surface area contributed by atoms with Crippen molar-refractivity contribution in [1.29, 1.82) is 0 Å². The molecular formula is C16H24N4O3. The largest absolute Gasteiger partial charge is 0.445 e. The molecule has 0 aliphatic heterocycles. The predicted octanol–water partition coefficient (Wildman–Crippen LogP) is 2.51. The quantitative estimate of drug-likeness (QED) is 0.909. The van der Waals surface area contributed by atoms with E-state index in [1.165, 1.54) is 6.92 Å². The number of nitrogens with one attached hydrogen (secondary N) is 1. The maximum Gasteiger partial charge on any atom is 0.227 e. The Kier molecular flexibility index (Phi) is 4.58. The van der Waals surface area contributed by atoms with Crippen LogP contribution in [0, 0.1) is 0 Å². The Labute approximate surface area is 135 Å². The summed E-state index contributed by atoms with van der Waals surface area (Å²) in [6.07, 6.45) is 2.87. The predicted molar refractivity (Wildman–Crippen MR) is 83.8 cm³/mol. The smallest absolute Gasteiger partial charge is 0.227 e. The van der Waals surface area contributed by atoms with Gasteiger partial charge in [0, 0.05) is 25.2 Å². The molecule has 0 saturated carbocycles. The summed E-state index contributed by atoms with van der Waals surface area (Å²) in [5, 5.41) is 6.73. The van der Waals surface area contributed by atoms with Crippen LogP contribution in [0.15, 0.2) is 15.1 Å². The zero-order chi connectivity index (χ0) is 17.3. The molecule has 1 amide bonds. The molecule has 0 atom stereocenters. The van der Waals surface area contributed by atoms with Crippen LogP contribution in [0.5, 0.6) is 0 Å². The summed E-state index contributed by atoms with van der Waals surface area (Å²) >= 11 is 0. The third-order valence-electron chi connectivity index (χ3n) is 3.36. The molecule has 0 spiro atoms. The highest BCUT2D eigenvalue weighted by Gasteiger charge is 2.27. The van der Waals surface area contributed by atoms with Crippen LogP contribution >= 0.6 is 0 Å². The van der Waals surface area contributed by atoms with Crippen LogP contribution in [0.2, 0.25) is 0 Å². The van der Waals surface area contributed by atoms with Crippen LogP contribution in [0.1, 0.15) is 64.9 Å². The monoisotopic (exact) mass is 320 g/mol. The lowest BCUT2D eigenvalue weighted by molar-refractivity contribution is -0.120. The Morgan fingerprint density at radius 2 is 1.83 bits per heavy atom. The number of amides is 1. The Morgan fingerprint density at radius 3 is 2.39 bits per heavy atom. The van der Waals surface area contributed by atoms with E-state index in [4.69, 9.17) is 8.94 Å². The van der Waals surface area contributed by atoms with Gasteiger partial charge < -0.3 is 14.3 Å². The summed E-state index contributed by atoms with van der Waals surface area (Å²) in [6.45, 7) is 11.3. The van der Waals surface area contributed by atoms with Crippen molar-refractivity contribution in [1.82, 2.24) is 20.4 Å². The molecule has 23 heavy (non-hydrogen) atoms. The fourth-order valence-electron chi connectivity index (χ4n) is 2.09. The number of aromatic nitrogens is 3. The standard InChI is InChI=1S/C16H24N4O3/c1-10(21)19-16(5,6)14-18-13(23-20-14)8-7-12-17-9-11(22-12)15(2,3)4/h9H,7-8H2,1-6H3,(H,19,21). The topological polar surface area (TPSA) is 94.1 Å². The highest BCUT2D eigenvalue weighted by molar-refractivity contribution is 5.73. The summed E-state index contributed by atoms with van der Waals surface area (Å²) in [5.41, 5.74) is -0.735. The molecule has 7 nitrogen and oxygen atoms in total. The summed E-state index contributed by atoms with van der Waals surface area (Å²) in [7, 11) is 0. The number of aryl methyl sites for hydroxylation is 2. The number of rotatable bonds is 5. The Hall–Kier alpha value is -2.18. The minimum atomic E-state index is -0.671. The molecule has 0 aliphatic carbocycles. The van der Waals surface area contributed by atoms with Gasteiger partial charge in [0.1, 0.15) is 5.76 Å². The first-order valence-corrected chi connectivity index (χ1v) is 7.65. The average Bonchev–Trinajstić information content (AvgIpc) is 3.04. The van der Waals surface area contributed by atoms with Gasteiger partial charge in [-0.3, -0.25) is 4.79 Å². The SMILES string of the molecule is CC(=O)NC(C)(C)c1noc(CCc2ncc(C(C)(C)C)o2)n1. The van der Waals surface area contributed by atoms with E-state index in [1.807, 2.05) is 13.8 Å². The summed E-state index contributed by atoms with van der Waals surface area (Å²) in [4.78, 5) is 19.8. The van der Waals surface area contributed by atoms with Crippen molar-refractivity contribution in [2.24, 2.45) is 0 Å². The lowest BCUT2D eigenvalue weighted by Gasteiger charge is -2.20. The number of carbonyl (C=O) groups is 1. The molecule has 0 aliphatic rings. The van der Waals surface area contributed by atoms with E-state index < -0.39 is 5.54 Å². The van der Waals surface area contributed by atoms with Crippen molar-refractivity contribution in [2.45, 2.75) is 65.3 Å². The minimum absolute atomic E-state index is 0.0642. The fourth-order valence-corrected chi connectivity index (χ4v) is 2.09. The lowest BCUT2D eigenvalue weighted by atomic mass is 9.94. The van der Waals surface area contributed by atoms with Crippen molar-refractivity contribution < 1.29 is 13.7 Å². The first-order valence-electron chi connectivity index (χ1n) is 7.65. The molecule has 0 saturated heterocycles. The van der Waals surface area contributed by atoms with Gasteiger partial charge in [-0.2, -0.15) is 4.98 Å². The second kappa shape index (κ2) is 6.14. The Bertz CT molecular complexity index is 680. The molecule has 2 heterocycles. The van der Waals surface area contributed by atoms with Crippen molar-refractivity contribution >= 4 is 5.91 Å². The number of carbonyl (C=O) groups excluding carboxylic acids is 1. The Balaban J connectivity index is 2.00. The van der Waals surface area contributed by atoms with Gasteiger partial charge in [0.2, 0.25) is 11.8 Å². The average molecular weight is 320 g/mol. The van der Waals surface area contributed by atoms with Gasteiger partial charge in [-0.1, -0.05) is 25.9 Å². The zero-order valence-corrected chi connectivity index (χ0v) is 14.6. The molecule has 0 fully saturated rings. The number of nitrogens with zero attached hydrogens (tertiary/aromatic N) is 3. The third kappa shape index (κ3) is 4.40. The molecule has 0 unspecified atom stereocenters. The van der Waals surface area contributed by atoms with Gasteiger partial charge in [0.25, 0.3) is 0 Å². The van der Waals surface area contributed by atoms with Crippen LogP contribution < -0.4 is 5.32 Å². The number of oxazole rings is 1. The summed E-state index contributed by atoms with van der Waals surface area (Å²) < 4.78 is 11.0. The van der Waals surface area contributed by atoms with Crippen LogP contribution in [0.25, 0.3) is 0 Å². The van der Waals surface area contributed by atoms with E-state index in [0.29, 0.717) is 30.4 Å². The second-order valence-corrected chi connectivity index (χ2v) is 7.19. The molecule has 0 bridgehead atoms. The van der Waals surface area contributed by atoms with E-state index in [-0.39, 0.29) is 11.3 Å². The van der Waals surface area contributed by atoms with Crippen molar-refractivity contribution in [2.75, 3.05) is 0 Å². The summed E-state index contributed by atoms with van der Waals surface area (Å²) in [6, 6.07) is 0. The molecule has 0 radical (unpaired) electrons. The van der Waals surface area contributed by atoms with E-state index in [1.54, 1.807) is 6.20 Å². The zero-order valence-electron chi connectivity index (χ0n) is 14.6. The van der Waals surface area contributed by atoms with Gasteiger partial charge in [-0.25, -0.2) is 4.98 Å². The number of hydrogen-bond donors (Lipinski definition) is 1. The van der Waals surface area contributed by atoms with Crippen LogP contribution in [0.4, 0.5) is 0 Å². The van der Waals surface area contributed by atoms with Crippen molar-refractivity contribution in [3.8, 4) is 0 Å². The molecular weight excluding hydrogens is 296 g/mol. The molecule has 2 aromatic heterocycles. The first kappa shape index (κ1) is 17.2. The number of hydrogen-bond acceptors (Lipinski definition) is 6. The summed E-state index contributed by atoms with van der Waals surface area (Å²) in [5.74, 6) is 2.30. The Morgan fingerprint density at radius 1 is 1.17 bits per heavy atom. The molecule has 2 aromatic rings. The van der Waals surface area contributed by atoms with Gasteiger partial charge in [0.15, 0.2) is 11.7 Å². The molecule has 1 N–H and O–H groups in total. The molecule has 0 aromatic carbocycles.